The molecule has 0 aliphatic rings. The molecule has 0 aliphatic carbocycles. The van der Waals surface area contributed by atoms with Gasteiger partial charge in [-0.05, 0) is 18.9 Å². The molecule has 3 heteroatoms. The van der Waals surface area contributed by atoms with Gasteiger partial charge >= 0.3 is 0 Å². The average Bonchev–Trinajstić information content (AvgIpc) is 2.70. The third-order valence-electron chi connectivity index (χ3n) is 5.60. The molecule has 0 heterocycles. The molecular weight excluding hydrogens is 334 g/mol. The first-order valence-electron chi connectivity index (χ1n) is 11.1. The van der Waals surface area contributed by atoms with Gasteiger partial charge < -0.3 is 10.0 Å². The Kier molecular flexibility index (Phi) is 12.9. The molecule has 1 aromatic carbocycles. The highest BCUT2D eigenvalue weighted by molar-refractivity contribution is 5.76. The lowest BCUT2D eigenvalue weighted by Crippen LogP contribution is -2.38. The van der Waals surface area contributed by atoms with Gasteiger partial charge in [0.2, 0.25) is 5.91 Å². The maximum Gasteiger partial charge on any atom is 0.222 e. The Morgan fingerprint density at radius 3 is 1.89 bits per heavy atom. The fraction of sp³-hybridized carbons (Fsp3) is 0.708. The van der Waals surface area contributed by atoms with Crippen molar-refractivity contribution in [1.29, 1.82) is 0 Å². The maximum atomic E-state index is 12.4. The number of hydrogen-bond donors (Lipinski definition) is 1. The molecule has 0 saturated heterocycles. The van der Waals surface area contributed by atoms with Crippen LogP contribution in [0.2, 0.25) is 0 Å². The van der Waals surface area contributed by atoms with Crippen LogP contribution in [0.15, 0.2) is 30.3 Å². The van der Waals surface area contributed by atoms with E-state index in [4.69, 9.17) is 0 Å². The summed E-state index contributed by atoms with van der Waals surface area (Å²) in [4.78, 5) is 14.1. The number of benzene rings is 1. The third-order valence-corrected chi connectivity index (χ3v) is 5.60. The Morgan fingerprint density at radius 1 is 0.889 bits per heavy atom. The van der Waals surface area contributed by atoms with Gasteiger partial charge in [-0.3, -0.25) is 4.79 Å². The van der Waals surface area contributed by atoms with Crippen molar-refractivity contribution < 1.29 is 9.90 Å². The van der Waals surface area contributed by atoms with Crippen molar-refractivity contribution in [3.05, 3.63) is 35.9 Å². The molecule has 1 amide bonds. The summed E-state index contributed by atoms with van der Waals surface area (Å²) in [5.74, 6) is 0.133. The molecule has 154 valence electrons. The lowest BCUT2D eigenvalue weighted by atomic mass is 10.0. The van der Waals surface area contributed by atoms with Crippen LogP contribution in [-0.4, -0.2) is 29.0 Å². The molecule has 0 aliphatic heterocycles. The van der Waals surface area contributed by atoms with Crippen LogP contribution in [0.25, 0.3) is 0 Å². The molecule has 0 radical (unpaired) electrons. The molecule has 1 N–H and O–H groups in total. The van der Waals surface area contributed by atoms with Crippen molar-refractivity contribution in [2.24, 2.45) is 0 Å². The molecule has 0 aromatic heterocycles. The Labute approximate surface area is 167 Å². The topological polar surface area (TPSA) is 40.5 Å². The number of unbranched alkanes of at least 4 members (excludes halogenated alkanes) is 10. The van der Waals surface area contributed by atoms with Crippen molar-refractivity contribution >= 4 is 5.91 Å². The first-order chi connectivity index (χ1) is 13.1. The molecule has 27 heavy (non-hydrogen) atoms. The summed E-state index contributed by atoms with van der Waals surface area (Å²) in [5, 5.41) is 10.5. The van der Waals surface area contributed by atoms with E-state index in [1.807, 2.05) is 37.3 Å². The zero-order chi connectivity index (χ0) is 19.9. The second-order valence-electron chi connectivity index (χ2n) is 7.89. The molecule has 1 aromatic rings. The summed E-state index contributed by atoms with van der Waals surface area (Å²) in [6.07, 6.45) is 14.1. The SMILES string of the molecule is CCCCCCCCCCCCCC(=O)N(C)[C@@H](C)[C@H](O)c1ccccc1. The van der Waals surface area contributed by atoms with Crippen LogP contribution in [0.3, 0.4) is 0 Å². The summed E-state index contributed by atoms with van der Waals surface area (Å²) in [6, 6.07) is 9.36. The van der Waals surface area contributed by atoms with Gasteiger partial charge in [-0.1, -0.05) is 101 Å². The number of aliphatic hydroxyl groups excluding tert-OH is 1. The van der Waals surface area contributed by atoms with E-state index in [9.17, 15) is 9.90 Å². The van der Waals surface area contributed by atoms with E-state index in [0.717, 1.165) is 18.4 Å². The molecule has 3 nitrogen and oxygen atoms in total. The van der Waals surface area contributed by atoms with E-state index in [1.54, 1.807) is 11.9 Å². The molecule has 0 fully saturated rings. The third kappa shape index (κ3) is 9.95. The predicted molar refractivity (Wildman–Crippen MR) is 115 cm³/mol. The second kappa shape index (κ2) is 14.7. The predicted octanol–water partition coefficient (Wildman–Crippen LogP) is 6.27. The number of nitrogens with zero attached hydrogens (tertiary/aromatic N) is 1. The molecule has 0 saturated carbocycles. The number of hydrogen-bond acceptors (Lipinski definition) is 2. The fourth-order valence-electron chi connectivity index (χ4n) is 3.48. The van der Waals surface area contributed by atoms with Gasteiger partial charge in [0.05, 0.1) is 12.1 Å². The lowest BCUT2D eigenvalue weighted by molar-refractivity contribution is -0.134. The van der Waals surface area contributed by atoms with E-state index < -0.39 is 6.10 Å². The van der Waals surface area contributed by atoms with Gasteiger partial charge in [-0.25, -0.2) is 0 Å². The molecule has 2 atom stereocenters. The smallest absolute Gasteiger partial charge is 0.222 e. The van der Waals surface area contributed by atoms with Crippen LogP contribution in [0, 0.1) is 0 Å². The minimum absolute atomic E-state index is 0.133. The molecule has 0 bridgehead atoms. The van der Waals surface area contributed by atoms with Gasteiger partial charge in [0, 0.05) is 13.5 Å². The van der Waals surface area contributed by atoms with Crippen LogP contribution in [0.1, 0.15) is 103 Å². The fourth-order valence-corrected chi connectivity index (χ4v) is 3.48. The summed E-state index contributed by atoms with van der Waals surface area (Å²) in [6.45, 7) is 4.17. The molecule has 1 rings (SSSR count). The van der Waals surface area contributed by atoms with Crippen LogP contribution in [0.4, 0.5) is 0 Å². The normalized spacial score (nSPS) is 13.3. The molecule has 0 spiro atoms. The minimum Gasteiger partial charge on any atom is -0.386 e. The van der Waals surface area contributed by atoms with E-state index in [1.165, 1.54) is 57.8 Å². The van der Waals surface area contributed by atoms with Crippen molar-refractivity contribution in [3.8, 4) is 0 Å². The number of carbonyl (C=O) groups excluding carboxylic acids is 1. The zero-order valence-electron chi connectivity index (χ0n) is 17.8. The van der Waals surface area contributed by atoms with Crippen LogP contribution < -0.4 is 0 Å². The quantitative estimate of drug-likeness (QED) is 0.367. The second-order valence-corrected chi connectivity index (χ2v) is 7.89. The van der Waals surface area contributed by atoms with Crippen molar-refractivity contribution in [2.45, 2.75) is 103 Å². The number of carbonyl (C=O) groups is 1. The highest BCUT2D eigenvalue weighted by Gasteiger charge is 2.23. The van der Waals surface area contributed by atoms with Gasteiger partial charge in [-0.15, -0.1) is 0 Å². The van der Waals surface area contributed by atoms with E-state index in [0.29, 0.717) is 6.42 Å². The number of amides is 1. The summed E-state index contributed by atoms with van der Waals surface area (Å²) >= 11 is 0. The Morgan fingerprint density at radius 2 is 1.37 bits per heavy atom. The standard InChI is InChI=1S/C24H41NO2/c1-4-5-6-7-8-9-10-11-12-13-17-20-23(26)25(3)21(2)24(27)22-18-15-14-16-19-22/h14-16,18-19,21,24,27H,4-13,17,20H2,1-3H3/t21-,24-/m0/s1. The van der Waals surface area contributed by atoms with E-state index in [-0.39, 0.29) is 11.9 Å². The summed E-state index contributed by atoms with van der Waals surface area (Å²) in [7, 11) is 1.80. The van der Waals surface area contributed by atoms with Gasteiger partial charge in [-0.2, -0.15) is 0 Å². The highest BCUT2D eigenvalue weighted by Crippen LogP contribution is 2.21. The zero-order valence-corrected chi connectivity index (χ0v) is 17.8. The summed E-state index contributed by atoms with van der Waals surface area (Å²) in [5.41, 5.74) is 0.861. The van der Waals surface area contributed by atoms with Gasteiger partial charge in [0.15, 0.2) is 0 Å². The van der Waals surface area contributed by atoms with Crippen LogP contribution in [-0.2, 0) is 4.79 Å². The van der Waals surface area contributed by atoms with Gasteiger partial charge in [0.1, 0.15) is 0 Å². The lowest BCUT2D eigenvalue weighted by Gasteiger charge is -2.29. The van der Waals surface area contributed by atoms with E-state index in [2.05, 4.69) is 6.92 Å². The minimum atomic E-state index is -0.641. The number of likely N-dealkylation sites (N-methyl/N-ethyl adjacent to an activating group) is 1. The monoisotopic (exact) mass is 375 g/mol. The highest BCUT2D eigenvalue weighted by atomic mass is 16.3. The van der Waals surface area contributed by atoms with E-state index >= 15 is 0 Å². The Bertz CT molecular complexity index is 488. The number of aliphatic hydroxyl groups is 1. The first-order valence-corrected chi connectivity index (χ1v) is 11.1. The van der Waals surface area contributed by atoms with Crippen LogP contribution in [0.5, 0.6) is 0 Å². The Balaban J connectivity index is 2.10. The number of rotatable bonds is 15. The van der Waals surface area contributed by atoms with Crippen molar-refractivity contribution in [2.75, 3.05) is 7.05 Å². The molecular formula is C24H41NO2. The largest absolute Gasteiger partial charge is 0.386 e. The Hall–Kier alpha value is -1.35. The van der Waals surface area contributed by atoms with Crippen molar-refractivity contribution in [1.82, 2.24) is 4.90 Å². The van der Waals surface area contributed by atoms with Crippen molar-refractivity contribution in [3.63, 3.8) is 0 Å². The molecule has 0 unspecified atom stereocenters. The first kappa shape index (κ1) is 23.7. The summed E-state index contributed by atoms with van der Waals surface area (Å²) < 4.78 is 0. The van der Waals surface area contributed by atoms with Gasteiger partial charge in [0.25, 0.3) is 0 Å². The maximum absolute atomic E-state index is 12.4. The average molecular weight is 376 g/mol. The van der Waals surface area contributed by atoms with Crippen LogP contribution >= 0.6 is 0 Å².